The van der Waals surface area contributed by atoms with Gasteiger partial charge in [0.15, 0.2) is 6.10 Å². The number of ether oxygens (including phenoxy) is 2. The summed E-state index contributed by atoms with van der Waals surface area (Å²) in [5.74, 6) is -3.68. The van der Waals surface area contributed by atoms with Crippen LogP contribution in [0.5, 0.6) is 0 Å². The lowest BCUT2D eigenvalue weighted by molar-refractivity contribution is -0.141. The number of H-pyrrole nitrogens is 1. The topological polar surface area (TPSA) is 93.6 Å². The molecule has 1 aromatic rings. The predicted molar refractivity (Wildman–Crippen MR) is 67.4 cm³/mol. The molecule has 0 amide bonds. The molecule has 9 heteroatoms. The number of aromatic amines is 1. The first kappa shape index (κ1) is 15.8. The van der Waals surface area contributed by atoms with Crippen molar-refractivity contribution in [2.45, 2.75) is 37.7 Å². The average Bonchev–Trinajstić information content (AvgIpc) is 2.63. The molecular formula is C12H16F2N2O5. The summed E-state index contributed by atoms with van der Waals surface area (Å²) in [6.07, 6.45) is -4.08. The first-order valence-electron chi connectivity index (χ1n) is 6.37. The third-order valence-electron chi connectivity index (χ3n) is 3.39. The summed E-state index contributed by atoms with van der Waals surface area (Å²) in [5.41, 5.74) is -1.49. The summed E-state index contributed by atoms with van der Waals surface area (Å²) in [6.45, 7) is 1.40. The third-order valence-corrected chi connectivity index (χ3v) is 3.39. The van der Waals surface area contributed by atoms with E-state index in [9.17, 15) is 23.5 Å². The maximum Gasteiger partial charge on any atom is 0.330 e. The molecule has 0 radical (unpaired) electrons. The third kappa shape index (κ3) is 2.63. The second-order valence-electron chi connectivity index (χ2n) is 4.78. The summed E-state index contributed by atoms with van der Waals surface area (Å²) in [4.78, 5) is 25.2. The van der Waals surface area contributed by atoms with Crippen LogP contribution in [-0.2, 0) is 15.9 Å². The predicted octanol–water partition coefficient (Wildman–Crippen LogP) is -0.361. The fraction of sp³-hybridized carbons (Fsp3) is 0.667. The lowest BCUT2D eigenvalue weighted by Gasteiger charge is -2.21. The van der Waals surface area contributed by atoms with E-state index in [0.717, 1.165) is 6.20 Å². The Morgan fingerprint density at radius 2 is 2.19 bits per heavy atom. The molecule has 1 saturated heterocycles. The van der Waals surface area contributed by atoms with Gasteiger partial charge in [-0.1, -0.05) is 6.92 Å². The minimum Gasteiger partial charge on any atom is -0.384 e. The van der Waals surface area contributed by atoms with Crippen LogP contribution in [0.3, 0.4) is 0 Å². The summed E-state index contributed by atoms with van der Waals surface area (Å²) in [7, 11) is 1.28. The monoisotopic (exact) mass is 306 g/mol. The Kier molecular flexibility index (Phi) is 4.26. The highest BCUT2D eigenvalue weighted by Crippen LogP contribution is 2.42. The van der Waals surface area contributed by atoms with Gasteiger partial charge in [0.1, 0.15) is 6.10 Å². The Balaban J connectivity index is 2.46. The van der Waals surface area contributed by atoms with Crippen LogP contribution in [0.1, 0.15) is 18.7 Å². The van der Waals surface area contributed by atoms with Gasteiger partial charge in [-0.25, -0.2) is 4.79 Å². The van der Waals surface area contributed by atoms with Crippen LogP contribution >= 0.6 is 0 Å². The second kappa shape index (κ2) is 5.66. The molecular weight excluding hydrogens is 290 g/mol. The fourth-order valence-corrected chi connectivity index (χ4v) is 2.22. The molecule has 2 rings (SSSR count). The molecule has 2 N–H and O–H groups in total. The van der Waals surface area contributed by atoms with Crippen LogP contribution in [0.15, 0.2) is 15.8 Å². The van der Waals surface area contributed by atoms with E-state index in [0.29, 0.717) is 4.57 Å². The number of nitrogens with one attached hydrogen (secondary N) is 1. The Hall–Kier alpha value is -1.58. The van der Waals surface area contributed by atoms with Crippen LogP contribution in [-0.4, -0.2) is 46.5 Å². The van der Waals surface area contributed by atoms with E-state index in [1.165, 1.54) is 7.11 Å². The number of aliphatic hydroxyl groups is 1. The van der Waals surface area contributed by atoms with Crippen molar-refractivity contribution in [1.29, 1.82) is 0 Å². The van der Waals surface area contributed by atoms with Gasteiger partial charge in [-0.05, 0) is 6.42 Å². The fourth-order valence-electron chi connectivity index (χ4n) is 2.22. The molecule has 0 bridgehead atoms. The summed E-state index contributed by atoms with van der Waals surface area (Å²) in [6, 6.07) is 0. The van der Waals surface area contributed by atoms with E-state index in [1.54, 1.807) is 6.92 Å². The number of hydrogen-bond acceptors (Lipinski definition) is 5. The maximum atomic E-state index is 14.1. The average molecular weight is 306 g/mol. The number of aromatic nitrogens is 2. The zero-order chi connectivity index (χ0) is 15.8. The molecule has 1 unspecified atom stereocenters. The van der Waals surface area contributed by atoms with Gasteiger partial charge in [-0.3, -0.25) is 14.3 Å². The zero-order valence-corrected chi connectivity index (χ0v) is 11.5. The second-order valence-corrected chi connectivity index (χ2v) is 4.78. The zero-order valence-electron chi connectivity index (χ0n) is 11.5. The van der Waals surface area contributed by atoms with E-state index in [-0.39, 0.29) is 18.6 Å². The molecule has 1 fully saturated rings. The van der Waals surface area contributed by atoms with Crippen molar-refractivity contribution in [2.24, 2.45) is 0 Å². The van der Waals surface area contributed by atoms with Crippen molar-refractivity contribution in [2.75, 3.05) is 13.7 Å². The highest BCUT2D eigenvalue weighted by Gasteiger charge is 2.59. The van der Waals surface area contributed by atoms with Gasteiger partial charge in [0, 0.05) is 18.9 Å². The van der Waals surface area contributed by atoms with Crippen LogP contribution in [0.25, 0.3) is 0 Å². The van der Waals surface area contributed by atoms with Crippen molar-refractivity contribution in [1.82, 2.24) is 9.55 Å². The Bertz CT molecular complexity index is 627. The van der Waals surface area contributed by atoms with Gasteiger partial charge in [0.25, 0.3) is 5.56 Å². The van der Waals surface area contributed by atoms with Gasteiger partial charge in [-0.2, -0.15) is 8.78 Å². The van der Waals surface area contributed by atoms with Crippen molar-refractivity contribution in [3.05, 3.63) is 32.6 Å². The quantitative estimate of drug-likeness (QED) is 0.792. The molecule has 0 aliphatic carbocycles. The van der Waals surface area contributed by atoms with Crippen molar-refractivity contribution in [3.63, 3.8) is 0 Å². The SMILES string of the molecule is CCc1cn([C@H]2O[C@@H](COC)C(O)C2(F)F)c(=O)[nH]c1=O. The van der Waals surface area contributed by atoms with Crippen LogP contribution in [0.4, 0.5) is 8.78 Å². The summed E-state index contributed by atoms with van der Waals surface area (Å²) >= 11 is 0. The standard InChI is InChI=1S/C12H16F2N2O5/c1-3-6-4-16(11(19)15-9(6)18)10-12(13,14)8(17)7(21-10)5-20-2/h4,7-8,10,17H,3,5H2,1-2H3,(H,15,18,19)/t7-,8?,10-/m0/s1. The van der Waals surface area contributed by atoms with Crippen molar-refractivity contribution < 1.29 is 23.4 Å². The van der Waals surface area contributed by atoms with Gasteiger partial charge in [-0.15, -0.1) is 0 Å². The Morgan fingerprint density at radius 3 is 2.76 bits per heavy atom. The number of nitrogens with zero attached hydrogens (tertiary/aromatic N) is 1. The number of alkyl halides is 2. The van der Waals surface area contributed by atoms with Gasteiger partial charge in [0.05, 0.1) is 6.61 Å². The molecule has 21 heavy (non-hydrogen) atoms. The summed E-state index contributed by atoms with van der Waals surface area (Å²) in [5, 5.41) is 9.61. The first-order chi connectivity index (χ1) is 9.82. The Morgan fingerprint density at radius 1 is 1.52 bits per heavy atom. The van der Waals surface area contributed by atoms with E-state index in [2.05, 4.69) is 0 Å². The number of halogens is 2. The number of methoxy groups -OCH3 is 1. The van der Waals surface area contributed by atoms with E-state index in [4.69, 9.17) is 9.47 Å². The smallest absolute Gasteiger partial charge is 0.330 e. The lowest BCUT2D eigenvalue weighted by atomic mass is 10.1. The van der Waals surface area contributed by atoms with Crippen molar-refractivity contribution >= 4 is 0 Å². The van der Waals surface area contributed by atoms with Crippen molar-refractivity contribution in [3.8, 4) is 0 Å². The molecule has 0 aromatic carbocycles. The molecule has 0 spiro atoms. The molecule has 1 aliphatic heterocycles. The van der Waals surface area contributed by atoms with E-state index < -0.39 is 35.6 Å². The minimum atomic E-state index is -3.68. The lowest BCUT2D eigenvalue weighted by Crippen LogP contribution is -2.43. The van der Waals surface area contributed by atoms with Crippen LogP contribution < -0.4 is 11.2 Å². The minimum absolute atomic E-state index is 0.165. The van der Waals surface area contributed by atoms with Gasteiger partial charge >= 0.3 is 11.6 Å². The molecule has 2 heterocycles. The van der Waals surface area contributed by atoms with Crippen LogP contribution in [0, 0.1) is 0 Å². The molecule has 7 nitrogen and oxygen atoms in total. The van der Waals surface area contributed by atoms with E-state index >= 15 is 0 Å². The molecule has 1 aliphatic rings. The number of aliphatic hydroxyl groups excluding tert-OH is 1. The number of rotatable bonds is 4. The van der Waals surface area contributed by atoms with E-state index in [1.807, 2.05) is 4.98 Å². The molecule has 1 aromatic heterocycles. The van der Waals surface area contributed by atoms with Crippen LogP contribution in [0.2, 0.25) is 0 Å². The molecule has 0 saturated carbocycles. The van der Waals surface area contributed by atoms with Gasteiger partial charge < -0.3 is 14.6 Å². The highest BCUT2D eigenvalue weighted by atomic mass is 19.3. The largest absolute Gasteiger partial charge is 0.384 e. The highest BCUT2D eigenvalue weighted by molar-refractivity contribution is 5.06. The number of aryl methyl sites for hydroxylation is 1. The number of hydrogen-bond donors (Lipinski definition) is 2. The normalized spacial score (nSPS) is 28.0. The molecule has 3 atom stereocenters. The first-order valence-corrected chi connectivity index (χ1v) is 6.37. The maximum absolute atomic E-state index is 14.1. The summed E-state index contributed by atoms with van der Waals surface area (Å²) < 4.78 is 38.5. The Labute approximate surface area is 118 Å². The van der Waals surface area contributed by atoms with Gasteiger partial charge in [0.2, 0.25) is 6.23 Å². The molecule has 118 valence electrons.